The fourth-order valence-corrected chi connectivity index (χ4v) is 3.77. The Labute approximate surface area is 165 Å². The van der Waals surface area contributed by atoms with Gasteiger partial charge in [-0.25, -0.2) is 0 Å². The Morgan fingerprint density at radius 1 is 1.11 bits per heavy atom. The van der Waals surface area contributed by atoms with Crippen molar-refractivity contribution in [2.75, 3.05) is 18.0 Å². The van der Waals surface area contributed by atoms with Gasteiger partial charge in [-0.15, -0.1) is 0 Å². The number of rotatable bonds is 4. The van der Waals surface area contributed by atoms with E-state index in [1.807, 2.05) is 18.2 Å². The van der Waals surface area contributed by atoms with Gasteiger partial charge in [0.2, 0.25) is 0 Å². The second-order valence-electron chi connectivity index (χ2n) is 6.68. The molecule has 1 aliphatic rings. The highest BCUT2D eigenvalue weighted by Gasteiger charge is 2.26. The van der Waals surface area contributed by atoms with Gasteiger partial charge in [0.05, 0.1) is 22.5 Å². The summed E-state index contributed by atoms with van der Waals surface area (Å²) in [6, 6.07) is 15.9. The Bertz CT molecular complexity index is 1070. The third-order valence-corrected chi connectivity index (χ3v) is 5.36. The van der Waals surface area contributed by atoms with Gasteiger partial charge in [-0.2, -0.15) is 9.78 Å². The average Bonchev–Trinajstić information content (AvgIpc) is 3.21. The number of aromatic nitrogens is 2. The van der Waals surface area contributed by atoms with Crippen molar-refractivity contribution in [1.29, 1.82) is 0 Å². The van der Waals surface area contributed by atoms with Gasteiger partial charge in [-0.3, -0.25) is 14.9 Å². The Morgan fingerprint density at radius 2 is 1.82 bits per heavy atom. The summed E-state index contributed by atoms with van der Waals surface area (Å²) in [5.74, 6) is 0.384. The van der Waals surface area contributed by atoms with E-state index in [1.165, 1.54) is 29.8 Å². The van der Waals surface area contributed by atoms with Crippen LogP contribution < -0.4 is 10.5 Å². The van der Waals surface area contributed by atoms with Gasteiger partial charge in [0.15, 0.2) is 0 Å². The van der Waals surface area contributed by atoms with Crippen molar-refractivity contribution in [3.8, 4) is 5.69 Å². The predicted molar refractivity (Wildman–Crippen MR) is 108 cm³/mol. The second kappa shape index (κ2) is 7.44. The van der Waals surface area contributed by atoms with Gasteiger partial charge in [0.25, 0.3) is 11.2 Å². The molecular weight excluding hydrogens is 380 g/mol. The molecule has 4 rings (SSSR count). The van der Waals surface area contributed by atoms with Crippen molar-refractivity contribution in [2.45, 2.75) is 12.3 Å². The lowest BCUT2D eigenvalue weighted by atomic mass is 9.99. The molecule has 0 amide bonds. The smallest absolute Gasteiger partial charge is 0.292 e. The van der Waals surface area contributed by atoms with E-state index in [9.17, 15) is 14.9 Å². The summed E-state index contributed by atoms with van der Waals surface area (Å²) in [6.07, 6.45) is 2.56. The molecule has 1 fully saturated rings. The Hall–Kier alpha value is -3.19. The topological polar surface area (TPSA) is 81.3 Å². The predicted octanol–water partition coefficient (Wildman–Crippen LogP) is 3.79. The molecule has 0 spiro atoms. The first-order valence-corrected chi connectivity index (χ1v) is 9.25. The van der Waals surface area contributed by atoms with Gasteiger partial charge < -0.3 is 4.90 Å². The fraction of sp³-hybridized carbons (Fsp3) is 0.200. The van der Waals surface area contributed by atoms with Crippen LogP contribution in [-0.2, 0) is 0 Å². The van der Waals surface area contributed by atoms with Crippen molar-refractivity contribution in [3.05, 3.63) is 91.8 Å². The Kier molecular flexibility index (Phi) is 4.83. The summed E-state index contributed by atoms with van der Waals surface area (Å²) in [5, 5.41) is 15.1. The van der Waals surface area contributed by atoms with Crippen LogP contribution in [0, 0.1) is 10.1 Å². The quantitative estimate of drug-likeness (QED) is 0.495. The maximum Gasteiger partial charge on any atom is 0.292 e. The van der Waals surface area contributed by atoms with E-state index in [0.29, 0.717) is 17.3 Å². The molecule has 2 aromatic carbocycles. The van der Waals surface area contributed by atoms with Crippen molar-refractivity contribution < 1.29 is 4.92 Å². The van der Waals surface area contributed by atoms with Crippen LogP contribution >= 0.6 is 11.6 Å². The van der Waals surface area contributed by atoms with Gasteiger partial charge in [0.1, 0.15) is 5.02 Å². The molecule has 7 nitrogen and oxygen atoms in total. The lowest BCUT2D eigenvalue weighted by molar-refractivity contribution is -0.384. The summed E-state index contributed by atoms with van der Waals surface area (Å²) in [7, 11) is 0. The number of nitro benzene ring substituents is 1. The Balaban J connectivity index is 1.60. The van der Waals surface area contributed by atoms with Crippen molar-refractivity contribution in [2.24, 2.45) is 0 Å². The van der Waals surface area contributed by atoms with Crippen LogP contribution in [0.5, 0.6) is 0 Å². The summed E-state index contributed by atoms with van der Waals surface area (Å²) < 4.78 is 1.15. The van der Waals surface area contributed by atoms with E-state index in [0.717, 1.165) is 24.2 Å². The second-order valence-corrected chi connectivity index (χ2v) is 7.05. The molecule has 28 heavy (non-hydrogen) atoms. The highest BCUT2D eigenvalue weighted by atomic mass is 35.5. The number of benzene rings is 2. The van der Waals surface area contributed by atoms with Crippen LogP contribution in [-0.4, -0.2) is 27.8 Å². The maximum absolute atomic E-state index is 12.7. The molecule has 2 heterocycles. The SMILES string of the molecule is O=c1c(Cl)c(N2CCC(c3ccccc3)C2)cnn1-c1ccc([N+](=O)[O-])cc1. The van der Waals surface area contributed by atoms with E-state index >= 15 is 0 Å². The summed E-state index contributed by atoms with van der Waals surface area (Å²) in [5.41, 5.74) is 1.81. The molecule has 1 aliphatic heterocycles. The summed E-state index contributed by atoms with van der Waals surface area (Å²) in [6.45, 7) is 1.56. The molecule has 142 valence electrons. The van der Waals surface area contributed by atoms with Crippen LogP contribution in [0.15, 0.2) is 65.6 Å². The van der Waals surface area contributed by atoms with Crippen LogP contribution in [0.1, 0.15) is 17.9 Å². The number of nitrogens with zero attached hydrogens (tertiary/aromatic N) is 4. The number of hydrogen-bond acceptors (Lipinski definition) is 5. The first-order valence-electron chi connectivity index (χ1n) is 8.87. The van der Waals surface area contributed by atoms with Crippen LogP contribution in [0.3, 0.4) is 0 Å². The average molecular weight is 397 g/mol. The first kappa shape index (κ1) is 18.2. The number of hydrogen-bond donors (Lipinski definition) is 0. The summed E-state index contributed by atoms with van der Waals surface area (Å²) >= 11 is 6.38. The van der Waals surface area contributed by atoms with E-state index in [-0.39, 0.29) is 10.7 Å². The molecule has 0 N–H and O–H groups in total. The van der Waals surface area contributed by atoms with E-state index < -0.39 is 10.5 Å². The molecular formula is C20H17ClN4O3. The standard InChI is InChI=1S/C20H17ClN4O3/c21-19-18(23-11-10-15(13-23)14-4-2-1-3-5-14)12-22-24(20(19)26)16-6-8-17(9-7-16)25(27)28/h1-9,12,15H,10-11,13H2. The van der Waals surface area contributed by atoms with Crippen molar-refractivity contribution in [3.63, 3.8) is 0 Å². The van der Waals surface area contributed by atoms with Crippen LogP contribution in [0.25, 0.3) is 5.69 Å². The van der Waals surface area contributed by atoms with E-state index in [2.05, 4.69) is 22.1 Å². The molecule has 8 heteroatoms. The first-order chi connectivity index (χ1) is 13.5. The van der Waals surface area contributed by atoms with Gasteiger partial charge >= 0.3 is 0 Å². The van der Waals surface area contributed by atoms with Gasteiger partial charge in [-0.05, 0) is 24.1 Å². The van der Waals surface area contributed by atoms with Crippen molar-refractivity contribution >= 4 is 23.0 Å². The minimum atomic E-state index is -0.493. The zero-order valence-corrected chi connectivity index (χ0v) is 15.6. The zero-order valence-electron chi connectivity index (χ0n) is 14.9. The maximum atomic E-state index is 12.7. The molecule has 0 saturated carbocycles. The van der Waals surface area contributed by atoms with Gasteiger partial charge in [0, 0.05) is 31.1 Å². The van der Waals surface area contributed by atoms with Crippen LogP contribution in [0.4, 0.5) is 11.4 Å². The molecule has 1 atom stereocenters. The third kappa shape index (κ3) is 3.36. The minimum absolute atomic E-state index is 0.0523. The fourth-order valence-electron chi connectivity index (χ4n) is 3.52. The number of non-ortho nitro benzene ring substituents is 1. The molecule has 0 radical (unpaired) electrons. The molecule has 1 unspecified atom stereocenters. The normalized spacial score (nSPS) is 16.3. The number of anilines is 1. The monoisotopic (exact) mass is 396 g/mol. The summed E-state index contributed by atoms with van der Waals surface area (Å²) in [4.78, 5) is 25.1. The third-order valence-electron chi connectivity index (χ3n) is 5.01. The highest BCUT2D eigenvalue weighted by molar-refractivity contribution is 6.33. The minimum Gasteiger partial charge on any atom is -0.368 e. The van der Waals surface area contributed by atoms with Crippen LogP contribution in [0.2, 0.25) is 5.02 Å². The molecule has 1 saturated heterocycles. The molecule has 3 aromatic rings. The lowest BCUT2D eigenvalue weighted by Gasteiger charge is -2.20. The Morgan fingerprint density at radius 3 is 2.50 bits per heavy atom. The number of halogens is 1. The zero-order chi connectivity index (χ0) is 19.7. The van der Waals surface area contributed by atoms with E-state index in [4.69, 9.17) is 11.6 Å². The highest BCUT2D eigenvalue weighted by Crippen LogP contribution is 2.32. The molecule has 1 aromatic heterocycles. The van der Waals surface area contributed by atoms with Gasteiger partial charge in [-0.1, -0.05) is 41.9 Å². The largest absolute Gasteiger partial charge is 0.368 e. The molecule has 0 aliphatic carbocycles. The lowest BCUT2D eigenvalue weighted by Crippen LogP contribution is -2.27. The molecule has 0 bridgehead atoms. The van der Waals surface area contributed by atoms with Crippen molar-refractivity contribution in [1.82, 2.24) is 9.78 Å². The van der Waals surface area contributed by atoms with E-state index in [1.54, 1.807) is 6.20 Å². The number of nitro groups is 1.